The fourth-order valence-electron chi connectivity index (χ4n) is 7.34. The van der Waals surface area contributed by atoms with E-state index >= 15 is 0 Å². The molecule has 0 saturated carbocycles. The maximum atomic E-state index is 6.24. The van der Waals surface area contributed by atoms with E-state index in [4.69, 9.17) is 19.4 Å². The molecule has 10 rings (SSSR count). The van der Waals surface area contributed by atoms with Crippen molar-refractivity contribution < 1.29 is 4.42 Å². The Balaban J connectivity index is 1.11. The van der Waals surface area contributed by atoms with Gasteiger partial charge in [-0.25, -0.2) is 15.0 Å². The summed E-state index contributed by atoms with van der Waals surface area (Å²) in [5, 5.41) is 2.15. The van der Waals surface area contributed by atoms with E-state index < -0.39 is 0 Å². The number of para-hydroxylation sites is 1. The van der Waals surface area contributed by atoms with Crippen molar-refractivity contribution in [1.82, 2.24) is 19.9 Å². The molecule has 3 heterocycles. The Morgan fingerprint density at radius 3 is 1.27 bits per heavy atom. The summed E-state index contributed by atoms with van der Waals surface area (Å²) in [5.74, 6) is 1.79. The van der Waals surface area contributed by atoms with Crippen LogP contribution in [0.5, 0.6) is 0 Å². The van der Waals surface area contributed by atoms with E-state index in [1.165, 1.54) is 0 Å². The van der Waals surface area contributed by atoms with Crippen molar-refractivity contribution in [3.63, 3.8) is 0 Å². The molecule has 3 aromatic heterocycles. The number of rotatable bonds is 7. The molecule has 0 spiro atoms. The van der Waals surface area contributed by atoms with Gasteiger partial charge >= 0.3 is 0 Å². The SMILES string of the molecule is c1ccc(-c2nc(-c3ccc(-c4cc(-c5ccccc5)c(-c5ccncc5)cc4-c4ccccc4)cc3)nc(-c3ccc4c(c3)oc3ccccc34)n2)cc1. The summed E-state index contributed by atoms with van der Waals surface area (Å²) in [7, 11) is 0. The summed E-state index contributed by atoms with van der Waals surface area (Å²) < 4.78 is 6.24. The number of furan rings is 1. The quantitative estimate of drug-likeness (QED) is 0.165. The molecule has 0 aliphatic rings. The average molecular weight is 705 g/mol. The van der Waals surface area contributed by atoms with Crippen molar-refractivity contribution in [3.8, 4) is 78.7 Å². The van der Waals surface area contributed by atoms with Gasteiger partial charge in [-0.05, 0) is 87.0 Å². The molecule has 0 aliphatic heterocycles. The van der Waals surface area contributed by atoms with E-state index in [-0.39, 0.29) is 0 Å². The van der Waals surface area contributed by atoms with Gasteiger partial charge in [-0.2, -0.15) is 0 Å². The van der Waals surface area contributed by atoms with Crippen molar-refractivity contribution in [2.24, 2.45) is 0 Å². The van der Waals surface area contributed by atoms with Gasteiger partial charge in [-0.15, -0.1) is 0 Å². The van der Waals surface area contributed by atoms with Gasteiger partial charge in [0.2, 0.25) is 0 Å². The molecule has 10 aromatic rings. The van der Waals surface area contributed by atoms with Crippen LogP contribution < -0.4 is 0 Å². The van der Waals surface area contributed by atoms with E-state index in [0.29, 0.717) is 17.5 Å². The summed E-state index contributed by atoms with van der Waals surface area (Å²) in [6.07, 6.45) is 3.71. The standard InChI is InChI=1S/C50H32N4O/c1-4-12-33(13-5-1)42-32-45(36-26-28-51-29-27-36)43(34-14-6-2-7-15-34)31-44(42)35-20-22-38(23-21-35)49-52-48(37-16-8-3-9-17-37)53-50(54-49)39-24-25-41-40-18-10-11-19-46(40)55-47(41)30-39/h1-32H. The van der Waals surface area contributed by atoms with Crippen LogP contribution in [0.3, 0.4) is 0 Å². The summed E-state index contributed by atoms with van der Waals surface area (Å²) in [4.78, 5) is 19.3. The molecule has 55 heavy (non-hydrogen) atoms. The van der Waals surface area contributed by atoms with Crippen LogP contribution in [0.15, 0.2) is 199 Å². The number of fused-ring (bicyclic) bond motifs is 3. The zero-order valence-corrected chi connectivity index (χ0v) is 29.7. The lowest BCUT2D eigenvalue weighted by Crippen LogP contribution is -2.00. The predicted molar refractivity (Wildman–Crippen MR) is 223 cm³/mol. The lowest BCUT2D eigenvalue weighted by molar-refractivity contribution is 0.669. The summed E-state index contributed by atoms with van der Waals surface area (Å²) in [5.41, 5.74) is 13.4. The molecule has 0 bridgehead atoms. The van der Waals surface area contributed by atoms with Crippen LogP contribution in [-0.4, -0.2) is 19.9 Å². The number of hydrogen-bond acceptors (Lipinski definition) is 5. The van der Waals surface area contributed by atoms with Crippen LogP contribution >= 0.6 is 0 Å². The maximum Gasteiger partial charge on any atom is 0.164 e. The Bertz CT molecular complexity index is 2940. The largest absolute Gasteiger partial charge is 0.456 e. The minimum absolute atomic E-state index is 0.584. The first kappa shape index (κ1) is 32.2. The van der Waals surface area contributed by atoms with E-state index in [1.807, 2.05) is 67.0 Å². The normalized spacial score (nSPS) is 11.3. The third-order valence-corrected chi connectivity index (χ3v) is 10.1. The highest BCUT2D eigenvalue weighted by atomic mass is 16.3. The Morgan fingerprint density at radius 2 is 0.691 bits per heavy atom. The summed E-state index contributed by atoms with van der Waals surface area (Å²) in [6, 6.07) is 62.8. The zero-order chi connectivity index (χ0) is 36.6. The molecular formula is C50H32N4O. The Labute approximate surface area is 318 Å². The van der Waals surface area contributed by atoms with Gasteiger partial charge < -0.3 is 4.42 Å². The van der Waals surface area contributed by atoms with Crippen LogP contribution in [-0.2, 0) is 0 Å². The molecule has 5 heteroatoms. The first-order chi connectivity index (χ1) is 27.2. The molecule has 258 valence electrons. The van der Waals surface area contributed by atoms with Crippen molar-refractivity contribution in [2.45, 2.75) is 0 Å². The van der Waals surface area contributed by atoms with E-state index in [1.54, 1.807) is 0 Å². The third-order valence-electron chi connectivity index (χ3n) is 10.1. The van der Waals surface area contributed by atoms with E-state index in [0.717, 1.165) is 83.1 Å². The Hall–Kier alpha value is -7.50. The van der Waals surface area contributed by atoms with Crippen molar-refractivity contribution in [2.75, 3.05) is 0 Å². The topological polar surface area (TPSA) is 64.7 Å². The van der Waals surface area contributed by atoms with Crippen molar-refractivity contribution in [1.29, 1.82) is 0 Å². The van der Waals surface area contributed by atoms with Gasteiger partial charge in [0.25, 0.3) is 0 Å². The number of pyridine rings is 1. The molecule has 0 N–H and O–H groups in total. The highest BCUT2D eigenvalue weighted by Gasteiger charge is 2.18. The molecule has 0 unspecified atom stereocenters. The van der Waals surface area contributed by atoms with Crippen LogP contribution in [0.25, 0.3) is 101 Å². The Kier molecular flexibility index (Phi) is 8.08. The second-order valence-corrected chi connectivity index (χ2v) is 13.5. The van der Waals surface area contributed by atoms with Crippen LogP contribution in [0, 0.1) is 0 Å². The van der Waals surface area contributed by atoms with Gasteiger partial charge in [0, 0.05) is 39.9 Å². The molecule has 7 aromatic carbocycles. The zero-order valence-electron chi connectivity index (χ0n) is 29.7. The Morgan fingerprint density at radius 1 is 0.291 bits per heavy atom. The summed E-state index contributed by atoms with van der Waals surface area (Å²) >= 11 is 0. The minimum Gasteiger partial charge on any atom is -0.456 e. The minimum atomic E-state index is 0.584. The third kappa shape index (κ3) is 6.14. The first-order valence-corrected chi connectivity index (χ1v) is 18.3. The fourth-order valence-corrected chi connectivity index (χ4v) is 7.34. The number of nitrogens with zero attached hydrogens (tertiary/aromatic N) is 4. The van der Waals surface area contributed by atoms with E-state index in [9.17, 15) is 0 Å². The lowest BCUT2D eigenvalue weighted by atomic mass is 9.85. The molecule has 0 fully saturated rings. The molecule has 0 amide bonds. The number of aromatic nitrogens is 4. The van der Waals surface area contributed by atoms with Gasteiger partial charge in [0.1, 0.15) is 11.2 Å². The molecule has 0 radical (unpaired) electrons. The second-order valence-electron chi connectivity index (χ2n) is 13.5. The number of benzene rings is 7. The van der Waals surface area contributed by atoms with Gasteiger partial charge in [-0.3, -0.25) is 4.98 Å². The van der Waals surface area contributed by atoms with Gasteiger partial charge in [0.15, 0.2) is 17.5 Å². The molecule has 0 atom stereocenters. The van der Waals surface area contributed by atoms with Crippen LogP contribution in [0.1, 0.15) is 0 Å². The second kappa shape index (κ2) is 13.8. The van der Waals surface area contributed by atoms with Crippen LogP contribution in [0.2, 0.25) is 0 Å². The monoisotopic (exact) mass is 704 g/mol. The highest BCUT2D eigenvalue weighted by molar-refractivity contribution is 6.05. The number of hydrogen-bond donors (Lipinski definition) is 0. The average Bonchev–Trinajstić information content (AvgIpc) is 3.65. The van der Waals surface area contributed by atoms with Crippen molar-refractivity contribution in [3.05, 3.63) is 194 Å². The first-order valence-electron chi connectivity index (χ1n) is 18.3. The van der Waals surface area contributed by atoms with Gasteiger partial charge in [-0.1, -0.05) is 140 Å². The maximum absolute atomic E-state index is 6.24. The predicted octanol–water partition coefficient (Wildman–Crippen LogP) is 12.8. The molecule has 0 saturated heterocycles. The summed E-state index contributed by atoms with van der Waals surface area (Å²) in [6.45, 7) is 0. The highest BCUT2D eigenvalue weighted by Crippen LogP contribution is 2.42. The smallest absolute Gasteiger partial charge is 0.164 e. The van der Waals surface area contributed by atoms with Crippen LogP contribution in [0.4, 0.5) is 0 Å². The van der Waals surface area contributed by atoms with Gasteiger partial charge in [0.05, 0.1) is 0 Å². The van der Waals surface area contributed by atoms with Crippen molar-refractivity contribution >= 4 is 21.9 Å². The fraction of sp³-hybridized carbons (Fsp3) is 0. The molecule has 0 aliphatic carbocycles. The molecule has 5 nitrogen and oxygen atoms in total. The molecular weight excluding hydrogens is 673 g/mol. The lowest BCUT2D eigenvalue weighted by Gasteiger charge is -2.18. The van der Waals surface area contributed by atoms with E-state index in [2.05, 4.69) is 132 Å².